The highest BCUT2D eigenvalue weighted by Gasteiger charge is 2.55. The normalized spacial score (nSPS) is 20.7. The summed E-state index contributed by atoms with van der Waals surface area (Å²) in [6, 6.07) is 6.13. The van der Waals surface area contributed by atoms with E-state index in [0.29, 0.717) is 0 Å². The van der Waals surface area contributed by atoms with Crippen molar-refractivity contribution in [3.8, 4) is 0 Å². The highest BCUT2D eigenvalue weighted by Crippen LogP contribution is 2.55. The Bertz CT molecular complexity index is 444. The van der Waals surface area contributed by atoms with Gasteiger partial charge in [-0.3, -0.25) is 4.79 Å². The Labute approximate surface area is 103 Å². The molecule has 0 saturated heterocycles. The molecule has 1 aromatic carbocycles. The van der Waals surface area contributed by atoms with E-state index in [-0.39, 0.29) is 5.41 Å². The van der Waals surface area contributed by atoms with Gasteiger partial charge >= 0.3 is 5.97 Å². The van der Waals surface area contributed by atoms with E-state index in [1.54, 1.807) is 0 Å². The maximum absolute atomic E-state index is 11.6. The van der Waals surface area contributed by atoms with Crippen molar-refractivity contribution < 1.29 is 9.90 Å². The van der Waals surface area contributed by atoms with Crippen molar-refractivity contribution in [2.75, 3.05) is 0 Å². The molecule has 0 atom stereocenters. The van der Waals surface area contributed by atoms with E-state index in [4.69, 9.17) is 0 Å². The van der Waals surface area contributed by atoms with Gasteiger partial charge in [0.05, 0.1) is 5.41 Å². The van der Waals surface area contributed by atoms with Crippen molar-refractivity contribution in [2.24, 2.45) is 5.41 Å². The number of hydrogen-bond donors (Lipinski definition) is 1. The highest BCUT2D eigenvalue weighted by molar-refractivity contribution is 5.83. The van der Waals surface area contributed by atoms with Crippen molar-refractivity contribution in [2.45, 2.75) is 46.0 Å². The first-order chi connectivity index (χ1) is 7.75. The number of carboxylic acid groups (broad SMARTS) is 1. The van der Waals surface area contributed by atoms with Crippen LogP contribution in [0.2, 0.25) is 0 Å². The summed E-state index contributed by atoms with van der Waals surface area (Å²) >= 11 is 0. The summed E-state index contributed by atoms with van der Waals surface area (Å²) in [5, 5.41) is 9.55. The topological polar surface area (TPSA) is 37.3 Å². The number of benzene rings is 1. The Morgan fingerprint density at radius 1 is 1.12 bits per heavy atom. The number of hydrogen-bond acceptors (Lipinski definition) is 1. The van der Waals surface area contributed by atoms with Crippen LogP contribution in [0.25, 0.3) is 0 Å². The molecule has 0 heterocycles. The zero-order chi connectivity index (χ0) is 12.8. The number of aliphatic carboxylic acids is 1. The maximum Gasteiger partial charge on any atom is 0.314 e. The standard InChI is InChI=1S/C15H20O2/c1-10-5-11(2)7-12(6-10)15(13(16)17)8-14(3,4)9-15/h5-7H,8-9H2,1-4H3,(H,16,17). The Hall–Kier alpha value is -1.31. The van der Waals surface area contributed by atoms with Crippen LogP contribution >= 0.6 is 0 Å². The second-order valence-corrected chi connectivity index (χ2v) is 6.28. The lowest BCUT2D eigenvalue weighted by molar-refractivity contribution is -0.153. The molecular formula is C15H20O2. The molecule has 0 spiro atoms. The fourth-order valence-electron chi connectivity index (χ4n) is 3.31. The predicted octanol–water partition coefficient (Wildman–Crippen LogP) is 3.45. The minimum absolute atomic E-state index is 0.149. The Morgan fingerprint density at radius 3 is 1.94 bits per heavy atom. The van der Waals surface area contributed by atoms with Gasteiger partial charge in [0.25, 0.3) is 0 Å². The molecule has 1 aromatic rings. The van der Waals surface area contributed by atoms with E-state index in [1.807, 2.05) is 26.0 Å². The average Bonchev–Trinajstić information content (AvgIpc) is 2.11. The molecule has 2 nitrogen and oxygen atoms in total. The van der Waals surface area contributed by atoms with Crippen molar-refractivity contribution in [3.63, 3.8) is 0 Å². The van der Waals surface area contributed by atoms with Gasteiger partial charge in [0.15, 0.2) is 0 Å². The number of rotatable bonds is 2. The van der Waals surface area contributed by atoms with E-state index in [1.165, 1.54) is 0 Å². The lowest BCUT2D eigenvalue weighted by atomic mass is 9.52. The summed E-state index contributed by atoms with van der Waals surface area (Å²) in [6.45, 7) is 8.32. The van der Waals surface area contributed by atoms with Crippen molar-refractivity contribution >= 4 is 5.97 Å². The zero-order valence-corrected chi connectivity index (χ0v) is 11.0. The lowest BCUT2D eigenvalue weighted by Gasteiger charge is -2.50. The molecule has 17 heavy (non-hydrogen) atoms. The monoisotopic (exact) mass is 232 g/mol. The third-order valence-electron chi connectivity index (χ3n) is 3.74. The van der Waals surface area contributed by atoms with Crippen LogP contribution in [0.3, 0.4) is 0 Å². The van der Waals surface area contributed by atoms with E-state index in [0.717, 1.165) is 29.5 Å². The van der Waals surface area contributed by atoms with Gasteiger partial charge < -0.3 is 5.11 Å². The molecule has 1 aliphatic carbocycles. The van der Waals surface area contributed by atoms with Gasteiger partial charge in [0.2, 0.25) is 0 Å². The van der Waals surface area contributed by atoms with Crippen molar-refractivity contribution in [3.05, 3.63) is 34.9 Å². The van der Waals surface area contributed by atoms with Crippen LogP contribution in [-0.4, -0.2) is 11.1 Å². The van der Waals surface area contributed by atoms with Crippen LogP contribution in [0.1, 0.15) is 43.4 Å². The molecule has 0 bridgehead atoms. The van der Waals surface area contributed by atoms with Crippen molar-refractivity contribution in [1.82, 2.24) is 0 Å². The van der Waals surface area contributed by atoms with Crippen LogP contribution in [0, 0.1) is 19.3 Å². The van der Waals surface area contributed by atoms with Crippen LogP contribution in [0.15, 0.2) is 18.2 Å². The van der Waals surface area contributed by atoms with Crippen molar-refractivity contribution in [1.29, 1.82) is 0 Å². The van der Waals surface area contributed by atoms with Gasteiger partial charge in [0.1, 0.15) is 0 Å². The fraction of sp³-hybridized carbons (Fsp3) is 0.533. The van der Waals surface area contributed by atoms with Gasteiger partial charge in [-0.1, -0.05) is 43.2 Å². The minimum Gasteiger partial charge on any atom is -0.481 e. The van der Waals surface area contributed by atoms with Crippen LogP contribution in [-0.2, 0) is 10.2 Å². The summed E-state index contributed by atoms with van der Waals surface area (Å²) in [7, 11) is 0. The summed E-state index contributed by atoms with van der Waals surface area (Å²) in [5.41, 5.74) is 2.76. The molecule has 0 radical (unpaired) electrons. The first kappa shape index (κ1) is 12.2. The SMILES string of the molecule is Cc1cc(C)cc(C2(C(=O)O)CC(C)(C)C2)c1. The largest absolute Gasteiger partial charge is 0.481 e. The Kier molecular flexibility index (Phi) is 2.57. The number of carbonyl (C=O) groups is 1. The van der Waals surface area contributed by atoms with Crippen LogP contribution < -0.4 is 0 Å². The second kappa shape index (κ2) is 3.59. The number of carboxylic acids is 1. The van der Waals surface area contributed by atoms with E-state index in [2.05, 4.69) is 19.9 Å². The van der Waals surface area contributed by atoms with Crippen LogP contribution in [0.5, 0.6) is 0 Å². The molecule has 0 aliphatic heterocycles. The maximum atomic E-state index is 11.6. The zero-order valence-electron chi connectivity index (χ0n) is 11.0. The summed E-state index contributed by atoms with van der Waals surface area (Å²) in [5.74, 6) is -0.679. The molecule has 0 unspecified atom stereocenters. The van der Waals surface area contributed by atoms with E-state index < -0.39 is 11.4 Å². The molecule has 1 aliphatic rings. The van der Waals surface area contributed by atoms with Gasteiger partial charge in [-0.2, -0.15) is 0 Å². The van der Waals surface area contributed by atoms with Gasteiger partial charge in [0, 0.05) is 0 Å². The summed E-state index contributed by atoms with van der Waals surface area (Å²) in [4.78, 5) is 11.6. The summed E-state index contributed by atoms with van der Waals surface area (Å²) < 4.78 is 0. The first-order valence-corrected chi connectivity index (χ1v) is 6.07. The molecule has 2 rings (SSSR count). The quantitative estimate of drug-likeness (QED) is 0.848. The fourth-order valence-corrected chi connectivity index (χ4v) is 3.31. The number of aryl methyl sites for hydroxylation is 2. The molecule has 1 saturated carbocycles. The van der Waals surface area contributed by atoms with Crippen LogP contribution in [0.4, 0.5) is 0 Å². The van der Waals surface area contributed by atoms with Gasteiger partial charge in [-0.05, 0) is 37.7 Å². The predicted molar refractivity (Wildman–Crippen MR) is 68.2 cm³/mol. The smallest absolute Gasteiger partial charge is 0.314 e. The highest BCUT2D eigenvalue weighted by atomic mass is 16.4. The second-order valence-electron chi connectivity index (χ2n) is 6.28. The average molecular weight is 232 g/mol. The minimum atomic E-state index is -0.679. The van der Waals surface area contributed by atoms with E-state index in [9.17, 15) is 9.90 Å². The molecule has 92 valence electrons. The molecule has 2 heteroatoms. The molecule has 1 N–H and O–H groups in total. The molecular weight excluding hydrogens is 212 g/mol. The Balaban J connectivity index is 2.45. The first-order valence-electron chi connectivity index (χ1n) is 6.07. The van der Waals surface area contributed by atoms with Gasteiger partial charge in [-0.15, -0.1) is 0 Å². The summed E-state index contributed by atoms with van der Waals surface area (Å²) in [6.07, 6.45) is 1.47. The third kappa shape index (κ3) is 1.97. The third-order valence-corrected chi connectivity index (χ3v) is 3.74. The molecule has 0 amide bonds. The lowest BCUT2D eigenvalue weighted by Crippen LogP contribution is -2.52. The molecule has 0 aromatic heterocycles. The van der Waals surface area contributed by atoms with E-state index >= 15 is 0 Å². The molecule has 1 fully saturated rings. The Morgan fingerprint density at radius 2 is 1.59 bits per heavy atom. The van der Waals surface area contributed by atoms with Gasteiger partial charge in [-0.25, -0.2) is 0 Å².